The van der Waals surface area contributed by atoms with Crippen molar-refractivity contribution < 1.29 is 14.3 Å². The van der Waals surface area contributed by atoms with Crippen LogP contribution >= 0.6 is 0 Å². The fraction of sp³-hybridized carbons (Fsp3) is 0.333. The molecule has 0 aliphatic carbocycles. The molecule has 3 aromatic rings. The monoisotopic (exact) mass is 365 g/mol. The summed E-state index contributed by atoms with van der Waals surface area (Å²) in [6.45, 7) is 1.46. The van der Waals surface area contributed by atoms with Crippen molar-refractivity contribution in [2.45, 2.75) is 18.8 Å². The highest BCUT2D eigenvalue weighted by Gasteiger charge is 2.27. The first kappa shape index (κ1) is 17.4. The van der Waals surface area contributed by atoms with E-state index in [0.29, 0.717) is 23.6 Å². The van der Waals surface area contributed by atoms with Crippen LogP contribution in [-0.4, -0.2) is 48.1 Å². The minimum atomic E-state index is 0.0230. The van der Waals surface area contributed by atoms with E-state index in [4.69, 9.17) is 9.47 Å². The van der Waals surface area contributed by atoms with Gasteiger partial charge in [-0.2, -0.15) is 0 Å². The van der Waals surface area contributed by atoms with Gasteiger partial charge >= 0.3 is 0 Å². The first-order chi connectivity index (χ1) is 13.2. The van der Waals surface area contributed by atoms with Crippen molar-refractivity contribution in [1.29, 1.82) is 0 Å². The summed E-state index contributed by atoms with van der Waals surface area (Å²) in [7, 11) is 3.16. The van der Waals surface area contributed by atoms with Crippen LogP contribution in [0.1, 0.15) is 34.8 Å². The number of hydrogen-bond acceptors (Lipinski definition) is 4. The van der Waals surface area contributed by atoms with Crippen LogP contribution in [0, 0.1) is 0 Å². The van der Waals surface area contributed by atoms with Crippen molar-refractivity contribution in [3.05, 3.63) is 53.9 Å². The quantitative estimate of drug-likeness (QED) is 0.767. The minimum Gasteiger partial charge on any atom is -0.493 e. The van der Waals surface area contributed by atoms with E-state index in [1.54, 1.807) is 38.6 Å². The molecule has 1 amide bonds. The highest BCUT2D eigenvalue weighted by Crippen LogP contribution is 2.31. The summed E-state index contributed by atoms with van der Waals surface area (Å²) in [4.78, 5) is 22.8. The molecule has 4 rings (SSSR count). The highest BCUT2D eigenvalue weighted by atomic mass is 16.5. The van der Waals surface area contributed by atoms with Gasteiger partial charge in [0.25, 0.3) is 5.91 Å². The number of fused-ring (bicyclic) bond motifs is 1. The van der Waals surface area contributed by atoms with Gasteiger partial charge in [-0.25, -0.2) is 0 Å². The van der Waals surface area contributed by atoms with Crippen molar-refractivity contribution in [2.24, 2.45) is 0 Å². The number of ether oxygens (including phenoxy) is 2. The number of methoxy groups -OCH3 is 2. The summed E-state index contributed by atoms with van der Waals surface area (Å²) in [6, 6.07) is 11.4. The van der Waals surface area contributed by atoms with Gasteiger partial charge in [0.1, 0.15) is 0 Å². The molecule has 0 saturated carbocycles. The number of hydrogen-bond donors (Lipinski definition) is 1. The molecule has 140 valence electrons. The summed E-state index contributed by atoms with van der Waals surface area (Å²) in [6.07, 6.45) is 3.84. The summed E-state index contributed by atoms with van der Waals surface area (Å²) in [5, 5.41) is 0. The smallest absolute Gasteiger partial charge is 0.254 e. The van der Waals surface area contributed by atoms with Crippen molar-refractivity contribution in [2.75, 3.05) is 27.3 Å². The number of carbonyl (C=O) groups is 1. The van der Waals surface area contributed by atoms with Gasteiger partial charge in [-0.15, -0.1) is 0 Å². The van der Waals surface area contributed by atoms with E-state index >= 15 is 0 Å². The lowest BCUT2D eigenvalue weighted by molar-refractivity contribution is 0.0705. The zero-order valence-electron chi connectivity index (χ0n) is 15.6. The minimum absolute atomic E-state index is 0.0230. The van der Waals surface area contributed by atoms with Gasteiger partial charge in [0, 0.05) is 36.5 Å². The Hall–Kier alpha value is -3.02. The number of aromatic amines is 1. The van der Waals surface area contributed by atoms with Crippen molar-refractivity contribution in [1.82, 2.24) is 14.9 Å². The Kier molecular flexibility index (Phi) is 4.71. The number of aromatic nitrogens is 2. The summed E-state index contributed by atoms with van der Waals surface area (Å²) in [5.74, 6) is 1.50. The maximum absolute atomic E-state index is 13.0. The number of H-pyrrole nitrogens is 1. The largest absolute Gasteiger partial charge is 0.493 e. The molecule has 6 nitrogen and oxygen atoms in total. The number of pyridine rings is 1. The normalized spacial score (nSPS) is 17.1. The topological polar surface area (TPSA) is 67.5 Å². The molecular weight excluding hydrogens is 342 g/mol. The lowest BCUT2D eigenvalue weighted by atomic mass is 9.94. The Balaban J connectivity index is 1.54. The van der Waals surface area contributed by atoms with Gasteiger partial charge in [-0.1, -0.05) is 0 Å². The molecule has 1 fully saturated rings. The standard InChI is InChI=1S/C21H23N3O3/c1-26-19-8-7-14(11-20(19)27-2)21(25)24-10-4-5-15(13-24)17-12-18-16(23-17)6-3-9-22-18/h3,6-9,11-12,15,23H,4-5,10,13H2,1-2H3. The van der Waals surface area contributed by atoms with Crippen LogP contribution < -0.4 is 9.47 Å². The second kappa shape index (κ2) is 7.31. The molecule has 0 radical (unpaired) electrons. The summed E-state index contributed by atoms with van der Waals surface area (Å²) in [5.41, 5.74) is 3.77. The van der Waals surface area contributed by atoms with E-state index < -0.39 is 0 Å². The Morgan fingerprint density at radius 2 is 2.04 bits per heavy atom. The van der Waals surface area contributed by atoms with Crippen LogP contribution in [0.2, 0.25) is 0 Å². The van der Waals surface area contributed by atoms with Gasteiger partial charge in [0.2, 0.25) is 0 Å². The second-order valence-electron chi connectivity index (χ2n) is 6.82. The molecule has 1 aliphatic rings. The fourth-order valence-electron chi connectivity index (χ4n) is 3.76. The molecule has 1 aromatic carbocycles. The molecule has 27 heavy (non-hydrogen) atoms. The van der Waals surface area contributed by atoms with Crippen molar-refractivity contribution >= 4 is 16.9 Å². The Morgan fingerprint density at radius 1 is 1.19 bits per heavy atom. The van der Waals surface area contributed by atoms with E-state index in [-0.39, 0.29) is 11.8 Å². The van der Waals surface area contributed by atoms with Gasteiger partial charge < -0.3 is 19.4 Å². The molecule has 3 heterocycles. The molecule has 6 heteroatoms. The third-order valence-electron chi connectivity index (χ3n) is 5.19. The maximum atomic E-state index is 13.0. The number of rotatable bonds is 4. The number of amides is 1. The zero-order valence-corrected chi connectivity index (χ0v) is 15.6. The molecule has 1 atom stereocenters. The van der Waals surface area contributed by atoms with Crippen molar-refractivity contribution in [3.8, 4) is 11.5 Å². The SMILES string of the molecule is COc1ccc(C(=O)N2CCCC(c3cc4ncccc4[nH]3)C2)cc1OC. The predicted molar refractivity (Wildman–Crippen MR) is 104 cm³/mol. The lowest BCUT2D eigenvalue weighted by Gasteiger charge is -2.32. The molecule has 2 aromatic heterocycles. The Bertz CT molecular complexity index is 933. The molecule has 1 N–H and O–H groups in total. The molecule has 0 spiro atoms. The number of carbonyl (C=O) groups excluding carboxylic acids is 1. The van der Waals surface area contributed by atoms with Crippen LogP contribution in [0.4, 0.5) is 0 Å². The second-order valence-corrected chi connectivity index (χ2v) is 6.82. The van der Waals surface area contributed by atoms with Gasteiger partial charge in [0.15, 0.2) is 11.5 Å². The Morgan fingerprint density at radius 3 is 2.81 bits per heavy atom. The van der Waals surface area contributed by atoms with Gasteiger partial charge in [-0.3, -0.25) is 9.78 Å². The maximum Gasteiger partial charge on any atom is 0.254 e. The molecule has 1 aliphatic heterocycles. The number of likely N-dealkylation sites (tertiary alicyclic amines) is 1. The average Bonchev–Trinajstić information content (AvgIpc) is 3.17. The van der Waals surface area contributed by atoms with E-state index in [1.165, 1.54) is 0 Å². The number of piperidine rings is 1. The summed E-state index contributed by atoms with van der Waals surface area (Å²) < 4.78 is 10.6. The van der Waals surface area contributed by atoms with Gasteiger partial charge in [0.05, 0.1) is 25.3 Å². The Labute approximate surface area is 158 Å². The van der Waals surface area contributed by atoms with E-state index in [9.17, 15) is 4.79 Å². The molecule has 1 saturated heterocycles. The molecular formula is C21H23N3O3. The van der Waals surface area contributed by atoms with Crippen LogP contribution in [0.3, 0.4) is 0 Å². The average molecular weight is 365 g/mol. The number of nitrogens with zero attached hydrogens (tertiary/aromatic N) is 2. The van der Waals surface area contributed by atoms with Crippen LogP contribution in [0.25, 0.3) is 11.0 Å². The third kappa shape index (κ3) is 3.35. The van der Waals surface area contributed by atoms with Crippen molar-refractivity contribution in [3.63, 3.8) is 0 Å². The summed E-state index contributed by atoms with van der Waals surface area (Å²) >= 11 is 0. The first-order valence-electron chi connectivity index (χ1n) is 9.14. The highest BCUT2D eigenvalue weighted by molar-refractivity contribution is 5.95. The lowest BCUT2D eigenvalue weighted by Crippen LogP contribution is -2.39. The molecule has 0 bridgehead atoms. The van der Waals surface area contributed by atoms with E-state index in [2.05, 4.69) is 16.0 Å². The molecule has 1 unspecified atom stereocenters. The zero-order chi connectivity index (χ0) is 18.8. The van der Waals surface area contributed by atoms with Crippen LogP contribution in [0.5, 0.6) is 11.5 Å². The number of benzene rings is 1. The first-order valence-corrected chi connectivity index (χ1v) is 9.14. The number of nitrogens with one attached hydrogen (secondary N) is 1. The van der Waals surface area contributed by atoms with E-state index in [1.807, 2.05) is 17.0 Å². The fourth-order valence-corrected chi connectivity index (χ4v) is 3.76. The predicted octanol–water partition coefficient (Wildman–Crippen LogP) is 3.60. The van der Waals surface area contributed by atoms with Crippen LogP contribution in [0.15, 0.2) is 42.6 Å². The van der Waals surface area contributed by atoms with Gasteiger partial charge in [-0.05, 0) is 49.2 Å². The third-order valence-corrected chi connectivity index (χ3v) is 5.19. The van der Waals surface area contributed by atoms with Crippen LogP contribution in [-0.2, 0) is 0 Å². The van der Waals surface area contributed by atoms with E-state index in [0.717, 1.165) is 36.1 Å².